The van der Waals surface area contributed by atoms with Crippen LogP contribution >= 0.6 is 0 Å². The largest absolute Gasteiger partial charge is 0.465 e. The molecule has 0 aromatic rings. The van der Waals surface area contributed by atoms with Crippen LogP contribution in [0.5, 0.6) is 0 Å². The summed E-state index contributed by atoms with van der Waals surface area (Å²) in [6.45, 7) is 15.7. The molecular weight excluding hydrogens is 195 g/mol. The summed E-state index contributed by atoms with van der Waals surface area (Å²) in [6.07, 6.45) is 0. The minimum Gasteiger partial charge on any atom is -0.453 e. The lowest BCUT2D eigenvalue weighted by molar-refractivity contribution is 0.462. The van der Waals surface area contributed by atoms with Gasteiger partial charge in [-0.1, -0.05) is 11.4 Å². The van der Waals surface area contributed by atoms with E-state index in [-0.39, 0.29) is 0 Å². The zero-order chi connectivity index (χ0) is 10.5. The summed E-state index contributed by atoms with van der Waals surface area (Å²) in [5, 5.41) is 0. The first-order valence-corrected chi connectivity index (χ1v) is 10.2. The van der Waals surface area contributed by atoms with Gasteiger partial charge >= 0.3 is 7.69 Å². The van der Waals surface area contributed by atoms with Gasteiger partial charge in [0.1, 0.15) is 0 Å². The Hall–Kier alpha value is -0.101. The second-order valence-corrected chi connectivity index (χ2v) is 11.6. The van der Waals surface area contributed by atoms with E-state index in [4.69, 9.17) is 8.69 Å². The standard InChI is InChI=1S/C8H18BO2Si2/c1-7-12(3,4)10-9-11-13(5,6)8-2/h7-8H,1-2H2,3-6H3. The third kappa shape index (κ3) is 6.04. The topological polar surface area (TPSA) is 18.5 Å². The minimum absolute atomic E-state index is 1.46. The average Bonchev–Trinajstić information content (AvgIpc) is 2.04. The van der Waals surface area contributed by atoms with E-state index in [1.807, 2.05) is 11.4 Å². The van der Waals surface area contributed by atoms with E-state index >= 15 is 0 Å². The van der Waals surface area contributed by atoms with Crippen LogP contribution < -0.4 is 0 Å². The molecule has 2 nitrogen and oxygen atoms in total. The van der Waals surface area contributed by atoms with Crippen molar-refractivity contribution in [3.8, 4) is 0 Å². The summed E-state index contributed by atoms with van der Waals surface area (Å²) in [5.74, 6) is 0. The second kappa shape index (κ2) is 4.95. The van der Waals surface area contributed by atoms with Gasteiger partial charge in [-0.25, -0.2) is 0 Å². The van der Waals surface area contributed by atoms with Crippen molar-refractivity contribution in [3.63, 3.8) is 0 Å². The van der Waals surface area contributed by atoms with Gasteiger partial charge in [0.2, 0.25) is 0 Å². The van der Waals surface area contributed by atoms with Crippen LogP contribution in [0.3, 0.4) is 0 Å². The molecule has 0 bridgehead atoms. The van der Waals surface area contributed by atoms with Gasteiger partial charge < -0.3 is 8.69 Å². The zero-order valence-electron chi connectivity index (χ0n) is 8.96. The van der Waals surface area contributed by atoms with E-state index in [1.54, 1.807) is 0 Å². The van der Waals surface area contributed by atoms with Crippen molar-refractivity contribution in [1.82, 2.24) is 0 Å². The van der Waals surface area contributed by atoms with Gasteiger partial charge in [-0.3, -0.25) is 0 Å². The highest BCUT2D eigenvalue weighted by Crippen LogP contribution is 2.07. The molecule has 0 rings (SSSR count). The van der Waals surface area contributed by atoms with E-state index in [9.17, 15) is 0 Å². The van der Waals surface area contributed by atoms with Crippen molar-refractivity contribution < 1.29 is 8.69 Å². The zero-order valence-corrected chi connectivity index (χ0v) is 11.0. The molecule has 13 heavy (non-hydrogen) atoms. The van der Waals surface area contributed by atoms with Crippen molar-refractivity contribution in [2.45, 2.75) is 26.2 Å². The molecule has 0 aliphatic carbocycles. The fourth-order valence-electron chi connectivity index (χ4n) is 0.368. The maximum absolute atomic E-state index is 5.48. The van der Waals surface area contributed by atoms with Crippen molar-refractivity contribution in [2.24, 2.45) is 0 Å². The minimum atomic E-state index is -1.72. The summed E-state index contributed by atoms with van der Waals surface area (Å²) in [5.41, 5.74) is 3.74. The SMILES string of the molecule is C=C[Si](C)(C)O[B]O[Si](C)(C)C=C. The highest BCUT2D eigenvalue weighted by Gasteiger charge is 2.22. The Labute approximate surface area is 84.2 Å². The van der Waals surface area contributed by atoms with Crippen molar-refractivity contribution in [3.05, 3.63) is 24.6 Å². The Morgan fingerprint density at radius 3 is 1.46 bits per heavy atom. The average molecular weight is 213 g/mol. The molecule has 0 aliphatic heterocycles. The summed E-state index contributed by atoms with van der Waals surface area (Å²) in [4.78, 5) is 0. The molecule has 73 valence electrons. The summed E-state index contributed by atoms with van der Waals surface area (Å²) >= 11 is 0. The van der Waals surface area contributed by atoms with Gasteiger partial charge in [0.15, 0.2) is 16.6 Å². The van der Waals surface area contributed by atoms with Gasteiger partial charge in [-0.15, -0.1) is 13.2 Å². The Morgan fingerprint density at radius 2 is 1.23 bits per heavy atom. The van der Waals surface area contributed by atoms with Crippen LogP contribution in [0.15, 0.2) is 24.6 Å². The van der Waals surface area contributed by atoms with Crippen molar-refractivity contribution in [2.75, 3.05) is 0 Å². The van der Waals surface area contributed by atoms with Gasteiger partial charge in [-0.05, 0) is 26.2 Å². The van der Waals surface area contributed by atoms with E-state index in [0.717, 1.165) is 0 Å². The molecular formula is C8H18BO2Si2. The molecule has 0 unspecified atom stereocenters. The molecule has 0 aliphatic rings. The molecule has 0 spiro atoms. The smallest absolute Gasteiger partial charge is 0.453 e. The van der Waals surface area contributed by atoms with E-state index in [2.05, 4.69) is 39.3 Å². The highest BCUT2D eigenvalue weighted by molar-refractivity contribution is 6.82. The number of rotatable bonds is 6. The van der Waals surface area contributed by atoms with Crippen LogP contribution in [0.2, 0.25) is 26.2 Å². The Balaban J connectivity index is 3.80. The molecule has 0 aromatic carbocycles. The molecule has 0 amide bonds. The first-order valence-electron chi connectivity index (χ1n) is 4.27. The lowest BCUT2D eigenvalue weighted by Gasteiger charge is -2.22. The van der Waals surface area contributed by atoms with Gasteiger partial charge in [0.05, 0.1) is 0 Å². The monoisotopic (exact) mass is 213 g/mol. The van der Waals surface area contributed by atoms with Gasteiger partial charge in [0.25, 0.3) is 0 Å². The van der Waals surface area contributed by atoms with Gasteiger partial charge in [0, 0.05) is 0 Å². The molecule has 0 fully saturated rings. The maximum atomic E-state index is 5.48. The van der Waals surface area contributed by atoms with Crippen LogP contribution in [0, 0.1) is 0 Å². The fourth-order valence-corrected chi connectivity index (χ4v) is 1.25. The van der Waals surface area contributed by atoms with Crippen LogP contribution in [0.1, 0.15) is 0 Å². The van der Waals surface area contributed by atoms with Crippen LogP contribution in [0.4, 0.5) is 0 Å². The molecule has 0 atom stereocenters. The summed E-state index contributed by atoms with van der Waals surface area (Å²) < 4.78 is 11.0. The predicted octanol–water partition coefficient (Wildman–Crippen LogP) is 2.41. The van der Waals surface area contributed by atoms with Gasteiger partial charge in [-0.2, -0.15) is 0 Å². The lowest BCUT2D eigenvalue weighted by atomic mass is 10.4. The quantitative estimate of drug-likeness (QED) is 0.631. The Bertz CT molecular complexity index is 173. The van der Waals surface area contributed by atoms with Crippen LogP contribution in [0.25, 0.3) is 0 Å². The van der Waals surface area contributed by atoms with Crippen molar-refractivity contribution in [1.29, 1.82) is 0 Å². The van der Waals surface area contributed by atoms with Crippen LogP contribution in [-0.4, -0.2) is 24.3 Å². The molecule has 0 N–H and O–H groups in total. The maximum Gasteiger partial charge on any atom is 0.465 e. The molecule has 0 saturated heterocycles. The van der Waals surface area contributed by atoms with E-state index in [0.29, 0.717) is 0 Å². The van der Waals surface area contributed by atoms with E-state index < -0.39 is 16.6 Å². The predicted molar refractivity (Wildman–Crippen MR) is 63.3 cm³/mol. The normalized spacial score (nSPS) is 12.3. The van der Waals surface area contributed by atoms with E-state index in [1.165, 1.54) is 7.69 Å². The Morgan fingerprint density at radius 1 is 0.923 bits per heavy atom. The molecule has 5 heteroatoms. The number of hydrogen-bond donors (Lipinski definition) is 0. The second-order valence-electron chi connectivity index (χ2n) is 3.95. The first kappa shape index (κ1) is 12.9. The molecule has 1 radical (unpaired) electrons. The third-order valence-electron chi connectivity index (χ3n) is 1.69. The molecule has 0 heterocycles. The number of hydrogen-bond acceptors (Lipinski definition) is 2. The molecule has 0 aromatic heterocycles. The van der Waals surface area contributed by atoms with Crippen LogP contribution in [-0.2, 0) is 8.69 Å². The Kier molecular flexibility index (Phi) is 4.91. The summed E-state index contributed by atoms with van der Waals surface area (Å²) in [7, 11) is -1.98. The highest BCUT2D eigenvalue weighted by atomic mass is 28.4. The lowest BCUT2D eigenvalue weighted by Crippen LogP contribution is -2.36. The summed E-state index contributed by atoms with van der Waals surface area (Å²) in [6, 6.07) is 0. The fraction of sp³-hybridized carbons (Fsp3) is 0.500. The first-order chi connectivity index (χ1) is 5.83. The molecule has 0 saturated carbocycles. The van der Waals surface area contributed by atoms with Crippen molar-refractivity contribution >= 4 is 24.3 Å². The third-order valence-corrected chi connectivity index (χ3v) is 5.06.